The first-order chi connectivity index (χ1) is 15.2. The molecule has 2 aliphatic rings. The highest BCUT2D eigenvalue weighted by Gasteiger charge is 2.34. The van der Waals surface area contributed by atoms with Crippen molar-refractivity contribution in [1.29, 1.82) is 0 Å². The van der Waals surface area contributed by atoms with Gasteiger partial charge in [-0.25, -0.2) is 0 Å². The lowest BCUT2D eigenvalue weighted by molar-refractivity contribution is -0.137. The molecular formula is C27H34N2O2. The number of methoxy groups -OCH3 is 1. The molecule has 0 aromatic heterocycles. The van der Waals surface area contributed by atoms with Crippen molar-refractivity contribution in [2.45, 2.75) is 32.2 Å². The molecule has 0 aliphatic carbocycles. The van der Waals surface area contributed by atoms with E-state index in [1.165, 1.54) is 5.56 Å². The van der Waals surface area contributed by atoms with Crippen LogP contribution in [0.2, 0.25) is 0 Å². The van der Waals surface area contributed by atoms with Crippen LogP contribution >= 0.6 is 0 Å². The zero-order valence-electron chi connectivity index (χ0n) is 18.6. The Balaban J connectivity index is 1.32. The van der Waals surface area contributed by atoms with Gasteiger partial charge in [0.05, 0.1) is 7.11 Å². The molecule has 0 radical (unpaired) electrons. The van der Waals surface area contributed by atoms with Crippen molar-refractivity contribution in [3.63, 3.8) is 0 Å². The average Bonchev–Trinajstić information content (AvgIpc) is 3.00. The van der Waals surface area contributed by atoms with Crippen molar-refractivity contribution in [3.05, 3.63) is 77.9 Å². The number of amides is 1. The Labute approximate surface area is 186 Å². The van der Waals surface area contributed by atoms with Crippen molar-refractivity contribution in [2.24, 2.45) is 11.8 Å². The summed E-state index contributed by atoms with van der Waals surface area (Å²) in [5, 5.41) is 0. The quantitative estimate of drug-likeness (QED) is 0.618. The highest BCUT2D eigenvalue weighted by atomic mass is 16.5. The summed E-state index contributed by atoms with van der Waals surface area (Å²) in [4.78, 5) is 18.0. The lowest BCUT2D eigenvalue weighted by atomic mass is 9.81. The Kier molecular flexibility index (Phi) is 7.42. The van der Waals surface area contributed by atoms with Crippen LogP contribution in [0.5, 0.6) is 5.75 Å². The first kappa shape index (κ1) is 21.6. The molecule has 4 nitrogen and oxygen atoms in total. The smallest absolute Gasteiger partial charge is 0.226 e. The summed E-state index contributed by atoms with van der Waals surface area (Å²) in [5.41, 5.74) is 2.53. The fraction of sp³-hybridized carbons (Fsp3) is 0.444. The van der Waals surface area contributed by atoms with Gasteiger partial charge >= 0.3 is 0 Å². The predicted octanol–water partition coefficient (Wildman–Crippen LogP) is 4.55. The summed E-state index contributed by atoms with van der Waals surface area (Å²) in [6.45, 7) is 4.65. The van der Waals surface area contributed by atoms with E-state index in [-0.39, 0.29) is 5.92 Å². The van der Waals surface area contributed by atoms with Gasteiger partial charge in [-0.15, -0.1) is 0 Å². The summed E-state index contributed by atoms with van der Waals surface area (Å²) < 4.78 is 5.35. The van der Waals surface area contributed by atoms with Crippen molar-refractivity contribution < 1.29 is 9.53 Å². The van der Waals surface area contributed by atoms with Crippen molar-refractivity contribution >= 4 is 5.91 Å². The number of nitrogens with zero attached hydrogens (tertiary/aromatic N) is 2. The van der Waals surface area contributed by atoms with E-state index in [4.69, 9.17) is 4.74 Å². The summed E-state index contributed by atoms with van der Waals surface area (Å²) in [6.07, 6.45) is 8.59. The van der Waals surface area contributed by atoms with E-state index in [2.05, 4.69) is 53.5 Å². The Bertz CT molecular complexity index is 872. The number of rotatable bonds is 7. The molecule has 2 aromatic carbocycles. The molecule has 2 heterocycles. The molecule has 0 N–H and O–H groups in total. The zero-order chi connectivity index (χ0) is 21.5. The van der Waals surface area contributed by atoms with Gasteiger partial charge in [-0.2, -0.15) is 0 Å². The third-order valence-corrected chi connectivity index (χ3v) is 6.78. The van der Waals surface area contributed by atoms with Crippen molar-refractivity contribution in [2.75, 3.05) is 33.3 Å². The molecule has 4 rings (SSSR count). The van der Waals surface area contributed by atoms with Crippen LogP contribution in [0.4, 0.5) is 0 Å². The number of carbonyl (C=O) groups is 1. The summed E-state index contributed by atoms with van der Waals surface area (Å²) in [6, 6.07) is 18.8. The molecule has 2 aromatic rings. The first-order valence-corrected chi connectivity index (χ1v) is 11.6. The van der Waals surface area contributed by atoms with E-state index in [0.29, 0.717) is 24.9 Å². The normalized spacial score (nSPS) is 20.6. The SMILES string of the molecule is COc1cccc(CN2CC=CC[C@@H](C3CCN(CCc4ccccc4)CC3)C2=O)c1. The minimum absolute atomic E-state index is 0.112. The van der Waals surface area contributed by atoms with Gasteiger partial charge in [-0.3, -0.25) is 4.79 Å². The predicted molar refractivity (Wildman–Crippen MR) is 125 cm³/mol. The maximum Gasteiger partial charge on any atom is 0.226 e. The van der Waals surface area contributed by atoms with Gasteiger partial charge in [0.25, 0.3) is 0 Å². The lowest BCUT2D eigenvalue weighted by Gasteiger charge is -2.36. The average molecular weight is 419 g/mol. The molecule has 0 unspecified atom stereocenters. The molecule has 0 bridgehead atoms. The molecule has 2 aliphatic heterocycles. The number of allylic oxidation sites excluding steroid dienone is 1. The topological polar surface area (TPSA) is 32.8 Å². The monoisotopic (exact) mass is 418 g/mol. The fourth-order valence-corrected chi connectivity index (χ4v) is 4.91. The lowest BCUT2D eigenvalue weighted by Crippen LogP contribution is -2.42. The van der Waals surface area contributed by atoms with E-state index in [9.17, 15) is 4.79 Å². The second-order valence-corrected chi connectivity index (χ2v) is 8.80. The maximum atomic E-state index is 13.4. The second kappa shape index (κ2) is 10.6. The maximum absolute atomic E-state index is 13.4. The number of benzene rings is 2. The van der Waals surface area contributed by atoms with Gasteiger partial charge in [0.2, 0.25) is 5.91 Å². The number of carbonyl (C=O) groups excluding carboxylic acids is 1. The van der Waals surface area contributed by atoms with Gasteiger partial charge in [0, 0.05) is 25.6 Å². The largest absolute Gasteiger partial charge is 0.497 e. The second-order valence-electron chi connectivity index (χ2n) is 8.80. The molecule has 31 heavy (non-hydrogen) atoms. The highest BCUT2D eigenvalue weighted by Crippen LogP contribution is 2.31. The molecule has 0 spiro atoms. The number of ether oxygens (including phenoxy) is 1. The Morgan fingerprint density at radius 3 is 2.52 bits per heavy atom. The van der Waals surface area contributed by atoms with Crippen LogP contribution in [0.1, 0.15) is 30.4 Å². The van der Waals surface area contributed by atoms with Crippen LogP contribution in [0, 0.1) is 11.8 Å². The number of likely N-dealkylation sites (tertiary alicyclic amines) is 1. The van der Waals surface area contributed by atoms with Crippen LogP contribution in [0.25, 0.3) is 0 Å². The molecule has 1 atom stereocenters. The Morgan fingerprint density at radius 2 is 1.74 bits per heavy atom. The van der Waals surface area contributed by atoms with E-state index in [0.717, 1.165) is 56.6 Å². The summed E-state index contributed by atoms with van der Waals surface area (Å²) in [5.74, 6) is 1.75. The zero-order valence-corrected chi connectivity index (χ0v) is 18.6. The van der Waals surface area contributed by atoms with Gasteiger partial charge in [0.15, 0.2) is 0 Å². The van der Waals surface area contributed by atoms with E-state index in [1.807, 2.05) is 23.1 Å². The summed E-state index contributed by atoms with van der Waals surface area (Å²) in [7, 11) is 1.68. The van der Waals surface area contributed by atoms with Crippen LogP contribution in [-0.2, 0) is 17.8 Å². The van der Waals surface area contributed by atoms with E-state index in [1.54, 1.807) is 7.11 Å². The van der Waals surface area contributed by atoms with Gasteiger partial charge in [-0.1, -0.05) is 54.6 Å². The number of hydrogen-bond acceptors (Lipinski definition) is 3. The van der Waals surface area contributed by atoms with E-state index < -0.39 is 0 Å². The van der Waals surface area contributed by atoms with Crippen LogP contribution < -0.4 is 4.74 Å². The van der Waals surface area contributed by atoms with E-state index >= 15 is 0 Å². The fourth-order valence-electron chi connectivity index (χ4n) is 4.91. The molecule has 0 saturated carbocycles. The number of piperidine rings is 1. The van der Waals surface area contributed by atoms with Crippen molar-refractivity contribution in [1.82, 2.24) is 9.80 Å². The third-order valence-electron chi connectivity index (χ3n) is 6.78. The standard InChI is InChI=1S/C27H34N2O2/c1-31-25-11-7-10-23(20-25)21-29-16-6-5-12-26(27(29)30)24-14-18-28(19-15-24)17-13-22-8-3-2-4-9-22/h2-11,20,24,26H,12-19,21H2,1H3/t26-/m0/s1. The molecule has 4 heteroatoms. The van der Waals surface area contributed by atoms with Gasteiger partial charge < -0.3 is 14.5 Å². The minimum Gasteiger partial charge on any atom is -0.497 e. The van der Waals surface area contributed by atoms with Crippen LogP contribution in [-0.4, -0.2) is 49.0 Å². The van der Waals surface area contributed by atoms with Crippen LogP contribution in [0.3, 0.4) is 0 Å². The van der Waals surface area contributed by atoms with Gasteiger partial charge in [0.1, 0.15) is 5.75 Å². The molecule has 1 amide bonds. The van der Waals surface area contributed by atoms with Crippen molar-refractivity contribution in [3.8, 4) is 5.75 Å². The molecule has 164 valence electrons. The minimum atomic E-state index is 0.112. The molecule has 1 fully saturated rings. The Morgan fingerprint density at radius 1 is 0.968 bits per heavy atom. The molecule has 1 saturated heterocycles. The molecular weight excluding hydrogens is 384 g/mol. The van der Waals surface area contributed by atoms with Gasteiger partial charge in [-0.05, 0) is 68.0 Å². The highest BCUT2D eigenvalue weighted by molar-refractivity contribution is 5.80. The van der Waals surface area contributed by atoms with Crippen LogP contribution in [0.15, 0.2) is 66.7 Å². The Hall–Kier alpha value is -2.59. The first-order valence-electron chi connectivity index (χ1n) is 11.6. The summed E-state index contributed by atoms with van der Waals surface area (Å²) >= 11 is 0. The number of hydrogen-bond donors (Lipinski definition) is 0. The third kappa shape index (κ3) is 5.76.